The number of anilines is 1. The number of hydrogen-bond donors (Lipinski definition) is 1. The maximum atomic E-state index is 12.7. The number of aromatic nitrogens is 4. The van der Waals surface area contributed by atoms with Crippen LogP contribution < -0.4 is 10.9 Å². The van der Waals surface area contributed by atoms with Gasteiger partial charge in [0.05, 0.1) is 29.2 Å². The molecule has 7 heteroatoms. The second kappa shape index (κ2) is 7.29. The van der Waals surface area contributed by atoms with Crippen molar-refractivity contribution < 1.29 is 0 Å². The largest absolute Gasteiger partial charge is 0.365 e. The average Bonchev–Trinajstić information content (AvgIpc) is 2.75. The number of nitriles is 1. The van der Waals surface area contributed by atoms with Crippen LogP contribution in [0.2, 0.25) is 0 Å². The Morgan fingerprint density at radius 3 is 2.61 bits per heavy atom. The molecule has 0 spiro atoms. The minimum absolute atomic E-state index is 0.166. The summed E-state index contributed by atoms with van der Waals surface area (Å²) in [6.45, 7) is 0.499. The van der Waals surface area contributed by atoms with Gasteiger partial charge in [-0.25, -0.2) is 9.97 Å². The number of hydrogen-bond acceptors (Lipinski definition) is 6. The molecule has 0 aliphatic heterocycles. The maximum Gasteiger partial charge on any atom is 0.264 e. The summed E-state index contributed by atoms with van der Waals surface area (Å²) in [6, 6.07) is 14.8. The van der Waals surface area contributed by atoms with Crippen molar-refractivity contribution in [3.05, 3.63) is 82.7 Å². The third-order valence-corrected chi connectivity index (χ3v) is 4.42. The van der Waals surface area contributed by atoms with Gasteiger partial charge in [-0.1, -0.05) is 12.1 Å². The third-order valence-electron chi connectivity index (χ3n) is 4.42. The number of nitrogens with zero attached hydrogens (tertiary/aromatic N) is 5. The normalized spacial score (nSPS) is 10.6. The highest BCUT2D eigenvalue weighted by Gasteiger charge is 2.13. The molecular formula is C21H16N6O. The summed E-state index contributed by atoms with van der Waals surface area (Å²) in [5, 5.41) is 12.7. The van der Waals surface area contributed by atoms with Gasteiger partial charge in [0.25, 0.3) is 5.56 Å². The monoisotopic (exact) mass is 368 g/mol. The standard InChI is InChI=1S/C21H16N6O/c1-27-13-25-18-10-17(16-4-2-14(11-22)3-5-16)26-20(19(18)21(27)28)24-12-15-6-8-23-9-7-15/h2-10,13H,12H2,1H3,(H,24,26). The van der Waals surface area contributed by atoms with Gasteiger partial charge >= 0.3 is 0 Å². The molecule has 0 unspecified atom stereocenters. The number of aryl methyl sites for hydroxylation is 1. The van der Waals surface area contributed by atoms with Crippen molar-refractivity contribution in [3.63, 3.8) is 0 Å². The van der Waals surface area contributed by atoms with E-state index in [1.807, 2.05) is 24.3 Å². The smallest absolute Gasteiger partial charge is 0.264 e. The Kier molecular flexibility index (Phi) is 4.52. The van der Waals surface area contributed by atoms with Crippen molar-refractivity contribution >= 4 is 16.7 Å². The highest BCUT2D eigenvalue weighted by molar-refractivity contribution is 5.91. The predicted octanol–water partition coefficient (Wildman–Crippen LogP) is 2.87. The molecule has 0 saturated heterocycles. The number of rotatable bonds is 4. The molecule has 1 aromatic carbocycles. The van der Waals surface area contributed by atoms with E-state index in [0.717, 1.165) is 11.1 Å². The van der Waals surface area contributed by atoms with E-state index in [2.05, 4.69) is 26.3 Å². The first kappa shape index (κ1) is 17.4. The Balaban J connectivity index is 1.83. The lowest BCUT2D eigenvalue weighted by Crippen LogP contribution is -2.19. The Morgan fingerprint density at radius 1 is 1.14 bits per heavy atom. The third kappa shape index (κ3) is 3.31. The van der Waals surface area contributed by atoms with Crippen LogP contribution in [-0.4, -0.2) is 19.5 Å². The van der Waals surface area contributed by atoms with Crippen molar-refractivity contribution in [1.82, 2.24) is 19.5 Å². The molecule has 3 aromatic heterocycles. The highest BCUT2D eigenvalue weighted by atomic mass is 16.1. The lowest BCUT2D eigenvalue weighted by molar-refractivity contribution is 0.842. The summed E-state index contributed by atoms with van der Waals surface area (Å²) in [5.74, 6) is 0.474. The fraction of sp³-hybridized carbons (Fsp3) is 0.0952. The van der Waals surface area contributed by atoms with Crippen LogP contribution in [-0.2, 0) is 13.6 Å². The van der Waals surface area contributed by atoms with Crippen molar-refractivity contribution in [3.8, 4) is 17.3 Å². The number of nitrogens with one attached hydrogen (secondary N) is 1. The summed E-state index contributed by atoms with van der Waals surface area (Å²) in [6.07, 6.45) is 4.94. The lowest BCUT2D eigenvalue weighted by atomic mass is 10.1. The van der Waals surface area contributed by atoms with E-state index in [1.165, 1.54) is 10.9 Å². The van der Waals surface area contributed by atoms with Crippen LogP contribution in [0.4, 0.5) is 5.82 Å². The molecule has 1 N–H and O–H groups in total. The van der Waals surface area contributed by atoms with E-state index in [0.29, 0.717) is 34.5 Å². The van der Waals surface area contributed by atoms with E-state index in [1.54, 1.807) is 37.6 Å². The zero-order valence-electron chi connectivity index (χ0n) is 15.1. The van der Waals surface area contributed by atoms with E-state index in [4.69, 9.17) is 5.26 Å². The van der Waals surface area contributed by atoms with Gasteiger partial charge in [-0.15, -0.1) is 0 Å². The zero-order valence-corrected chi connectivity index (χ0v) is 15.1. The first-order valence-corrected chi connectivity index (χ1v) is 8.65. The highest BCUT2D eigenvalue weighted by Crippen LogP contribution is 2.25. The SMILES string of the molecule is Cn1cnc2cc(-c3ccc(C#N)cc3)nc(NCc3ccncc3)c2c1=O. The summed E-state index contributed by atoms with van der Waals surface area (Å²) in [7, 11) is 1.66. The quantitative estimate of drug-likeness (QED) is 0.595. The zero-order chi connectivity index (χ0) is 19.5. The minimum Gasteiger partial charge on any atom is -0.365 e. The molecule has 3 heterocycles. The van der Waals surface area contributed by atoms with Crippen LogP contribution in [0.25, 0.3) is 22.2 Å². The first-order chi connectivity index (χ1) is 13.7. The van der Waals surface area contributed by atoms with Crippen molar-refractivity contribution in [2.75, 3.05) is 5.32 Å². The van der Waals surface area contributed by atoms with Crippen molar-refractivity contribution in [2.24, 2.45) is 7.05 Å². The predicted molar refractivity (Wildman–Crippen MR) is 106 cm³/mol. The second-order valence-corrected chi connectivity index (χ2v) is 6.31. The maximum absolute atomic E-state index is 12.7. The van der Waals surface area contributed by atoms with Crippen LogP contribution in [0, 0.1) is 11.3 Å². The number of fused-ring (bicyclic) bond motifs is 1. The molecule has 136 valence electrons. The fourth-order valence-electron chi connectivity index (χ4n) is 2.90. The van der Waals surface area contributed by atoms with Crippen LogP contribution in [0.5, 0.6) is 0 Å². The van der Waals surface area contributed by atoms with Crippen LogP contribution >= 0.6 is 0 Å². The molecule has 0 aliphatic carbocycles. The molecule has 0 radical (unpaired) electrons. The van der Waals surface area contributed by atoms with Gasteiger partial charge in [0.2, 0.25) is 0 Å². The van der Waals surface area contributed by atoms with Crippen LogP contribution in [0.3, 0.4) is 0 Å². The Bertz CT molecular complexity index is 1240. The molecule has 4 rings (SSSR count). The van der Waals surface area contributed by atoms with Crippen LogP contribution in [0.1, 0.15) is 11.1 Å². The molecule has 0 saturated carbocycles. The number of benzene rings is 1. The molecule has 0 amide bonds. The van der Waals surface area contributed by atoms with E-state index in [-0.39, 0.29) is 5.56 Å². The van der Waals surface area contributed by atoms with Gasteiger partial charge in [0, 0.05) is 31.5 Å². The van der Waals surface area contributed by atoms with E-state index >= 15 is 0 Å². The molecule has 7 nitrogen and oxygen atoms in total. The van der Waals surface area contributed by atoms with Gasteiger partial charge in [0.1, 0.15) is 11.2 Å². The first-order valence-electron chi connectivity index (χ1n) is 8.65. The van der Waals surface area contributed by atoms with Crippen molar-refractivity contribution in [1.29, 1.82) is 5.26 Å². The Labute approximate surface area is 161 Å². The molecule has 0 fully saturated rings. The van der Waals surface area contributed by atoms with Gasteiger partial charge in [-0.2, -0.15) is 5.26 Å². The van der Waals surface area contributed by atoms with Gasteiger partial charge < -0.3 is 9.88 Å². The molecule has 0 bridgehead atoms. The Hall–Kier alpha value is -4.05. The summed E-state index contributed by atoms with van der Waals surface area (Å²) >= 11 is 0. The summed E-state index contributed by atoms with van der Waals surface area (Å²) in [5.41, 5.74) is 3.52. The molecular weight excluding hydrogens is 352 g/mol. The van der Waals surface area contributed by atoms with E-state index < -0.39 is 0 Å². The fourth-order valence-corrected chi connectivity index (χ4v) is 2.90. The summed E-state index contributed by atoms with van der Waals surface area (Å²) in [4.78, 5) is 25.8. The van der Waals surface area contributed by atoms with E-state index in [9.17, 15) is 4.79 Å². The van der Waals surface area contributed by atoms with Gasteiger partial charge in [0.15, 0.2) is 0 Å². The molecule has 0 aliphatic rings. The summed E-state index contributed by atoms with van der Waals surface area (Å²) < 4.78 is 1.43. The minimum atomic E-state index is -0.166. The average molecular weight is 368 g/mol. The topological polar surface area (TPSA) is 96.5 Å². The van der Waals surface area contributed by atoms with Crippen LogP contribution in [0.15, 0.2) is 66.0 Å². The second-order valence-electron chi connectivity index (χ2n) is 6.31. The van der Waals surface area contributed by atoms with Gasteiger partial charge in [-0.3, -0.25) is 9.78 Å². The number of pyridine rings is 2. The van der Waals surface area contributed by atoms with Gasteiger partial charge in [-0.05, 0) is 35.9 Å². The van der Waals surface area contributed by atoms with Crippen molar-refractivity contribution in [2.45, 2.75) is 6.54 Å². The lowest BCUT2D eigenvalue weighted by Gasteiger charge is -2.12. The molecule has 0 atom stereocenters. The molecule has 28 heavy (non-hydrogen) atoms. The Morgan fingerprint density at radius 2 is 1.89 bits per heavy atom. The molecule has 4 aromatic rings.